The van der Waals surface area contributed by atoms with E-state index >= 15 is 0 Å². The van der Waals surface area contributed by atoms with E-state index in [2.05, 4.69) is 5.16 Å². The summed E-state index contributed by atoms with van der Waals surface area (Å²) < 4.78 is 4.91. The summed E-state index contributed by atoms with van der Waals surface area (Å²) in [7, 11) is 0. The van der Waals surface area contributed by atoms with Crippen molar-refractivity contribution in [2.24, 2.45) is 0 Å². The van der Waals surface area contributed by atoms with Crippen molar-refractivity contribution in [1.82, 2.24) is 10.1 Å². The second kappa shape index (κ2) is 4.77. The van der Waals surface area contributed by atoms with Crippen LogP contribution in [0.3, 0.4) is 0 Å². The third kappa shape index (κ3) is 2.51. The van der Waals surface area contributed by atoms with Crippen LogP contribution in [0.25, 0.3) is 0 Å². The number of hydrogen-bond acceptors (Lipinski definition) is 5. The number of hydrogen-bond donors (Lipinski definition) is 2. The van der Waals surface area contributed by atoms with E-state index in [0.29, 0.717) is 11.5 Å². The highest BCUT2D eigenvalue weighted by molar-refractivity contribution is 5.85. The summed E-state index contributed by atoms with van der Waals surface area (Å²) in [6.07, 6.45) is -0.764. The smallest absolute Gasteiger partial charge is 0.326 e. The molecule has 0 spiro atoms. The Labute approximate surface area is 103 Å². The first-order valence-electron chi connectivity index (χ1n) is 5.60. The minimum atomic E-state index is -1.10. The Morgan fingerprint density at radius 2 is 2.33 bits per heavy atom. The lowest BCUT2D eigenvalue weighted by molar-refractivity contribution is -0.148. The molecule has 7 nitrogen and oxygen atoms in total. The Bertz CT molecular complexity index is 470. The van der Waals surface area contributed by atoms with Gasteiger partial charge in [0.2, 0.25) is 5.91 Å². The topological polar surface area (TPSA) is 104 Å². The van der Waals surface area contributed by atoms with Crippen LogP contribution in [-0.2, 0) is 16.0 Å². The second-order valence-corrected chi connectivity index (χ2v) is 4.40. The highest BCUT2D eigenvalue weighted by Gasteiger charge is 2.38. The van der Waals surface area contributed by atoms with Gasteiger partial charge in [-0.25, -0.2) is 4.79 Å². The number of aliphatic hydroxyl groups is 1. The first-order chi connectivity index (χ1) is 8.47. The van der Waals surface area contributed by atoms with E-state index in [4.69, 9.17) is 9.63 Å². The number of aliphatic carboxylic acids is 1. The number of aliphatic hydroxyl groups excluding tert-OH is 1. The number of amides is 1. The molecule has 0 aliphatic carbocycles. The SMILES string of the molecule is Cc1cc(CC(=O)N2CC(O)CC2C(=O)O)on1. The maximum Gasteiger partial charge on any atom is 0.326 e. The van der Waals surface area contributed by atoms with Gasteiger partial charge in [0.05, 0.1) is 18.2 Å². The van der Waals surface area contributed by atoms with E-state index in [1.165, 1.54) is 4.90 Å². The standard InChI is InChI=1S/C11H14N2O5/c1-6-2-8(18-12-6)4-10(15)13-5-7(14)3-9(13)11(16)17/h2,7,9,14H,3-5H2,1H3,(H,16,17). The molecule has 1 aliphatic rings. The van der Waals surface area contributed by atoms with Crippen LogP contribution < -0.4 is 0 Å². The molecular formula is C11H14N2O5. The number of carboxylic acids is 1. The van der Waals surface area contributed by atoms with Gasteiger partial charge in [0.25, 0.3) is 0 Å². The number of β-amino-alcohol motifs (C(OH)–C–C–N with tert-alkyl or cyclic N) is 1. The molecule has 18 heavy (non-hydrogen) atoms. The minimum Gasteiger partial charge on any atom is -0.480 e. The molecule has 98 valence electrons. The zero-order chi connectivity index (χ0) is 13.3. The summed E-state index contributed by atoms with van der Waals surface area (Å²) in [6.45, 7) is 1.78. The molecule has 7 heteroatoms. The van der Waals surface area contributed by atoms with Crippen LogP contribution in [0.15, 0.2) is 10.6 Å². The molecule has 1 aliphatic heterocycles. The largest absolute Gasteiger partial charge is 0.480 e. The van der Waals surface area contributed by atoms with E-state index in [9.17, 15) is 14.7 Å². The molecule has 1 aromatic heterocycles. The van der Waals surface area contributed by atoms with Gasteiger partial charge in [-0.15, -0.1) is 0 Å². The van der Waals surface area contributed by atoms with Gasteiger partial charge in [0.1, 0.15) is 11.8 Å². The van der Waals surface area contributed by atoms with Gasteiger partial charge >= 0.3 is 5.97 Å². The normalized spacial score (nSPS) is 23.3. The fourth-order valence-corrected chi connectivity index (χ4v) is 2.07. The molecule has 1 fully saturated rings. The summed E-state index contributed by atoms with van der Waals surface area (Å²) in [5.41, 5.74) is 0.661. The van der Waals surface area contributed by atoms with Crippen molar-refractivity contribution in [1.29, 1.82) is 0 Å². The number of rotatable bonds is 3. The van der Waals surface area contributed by atoms with Crippen molar-refractivity contribution in [3.05, 3.63) is 17.5 Å². The lowest BCUT2D eigenvalue weighted by atomic mass is 10.2. The Hall–Kier alpha value is -1.89. The fourth-order valence-electron chi connectivity index (χ4n) is 2.07. The van der Waals surface area contributed by atoms with Crippen molar-refractivity contribution < 1.29 is 24.3 Å². The molecule has 0 saturated carbocycles. The van der Waals surface area contributed by atoms with Crippen LogP contribution in [0.1, 0.15) is 17.9 Å². The van der Waals surface area contributed by atoms with Gasteiger partial charge in [0, 0.05) is 19.0 Å². The quantitative estimate of drug-likeness (QED) is 0.758. The van der Waals surface area contributed by atoms with Crippen molar-refractivity contribution >= 4 is 11.9 Å². The average molecular weight is 254 g/mol. The number of aryl methyl sites for hydroxylation is 1. The highest BCUT2D eigenvalue weighted by atomic mass is 16.5. The fraction of sp³-hybridized carbons (Fsp3) is 0.545. The number of carbonyl (C=O) groups is 2. The highest BCUT2D eigenvalue weighted by Crippen LogP contribution is 2.19. The van der Waals surface area contributed by atoms with Crippen molar-refractivity contribution in [3.63, 3.8) is 0 Å². The van der Waals surface area contributed by atoms with Crippen molar-refractivity contribution in [2.45, 2.75) is 31.9 Å². The molecule has 2 N–H and O–H groups in total. The van der Waals surface area contributed by atoms with Gasteiger partial charge < -0.3 is 19.6 Å². The van der Waals surface area contributed by atoms with Crippen LogP contribution in [0.4, 0.5) is 0 Å². The lowest BCUT2D eigenvalue weighted by Crippen LogP contribution is -2.41. The van der Waals surface area contributed by atoms with E-state index in [1.54, 1.807) is 13.0 Å². The molecule has 1 amide bonds. The van der Waals surface area contributed by atoms with Crippen molar-refractivity contribution in [2.75, 3.05) is 6.54 Å². The third-order valence-corrected chi connectivity index (χ3v) is 2.89. The first-order valence-corrected chi connectivity index (χ1v) is 5.60. The monoisotopic (exact) mass is 254 g/mol. The van der Waals surface area contributed by atoms with Gasteiger partial charge in [-0.1, -0.05) is 5.16 Å². The molecule has 0 radical (unpaired) electrons. The Balaban J connectivity index is 2.06. The van der Waals surface area contributed by atoms with Gasteiger partial charge in [-0.2, -0.15) is 0 Å². The Morgan fingerprint density at radius 1 is 1.61 bits per heavy atom. The third-order valence-electron chi connectivity index (χ3n) is 2.89. The molecule has 2 heterocycles. The predicted octanol–water partition coefficient (Wildman–Crippen LogP) is -0.428. The molecule has 0 aromatic carbocycles. The van der Waals surface area contributed by atoms with Crippen LogP contribution >= 0.6 is 0 Å². The summed E-state index contributed by atoms with van der Waals surface area (Å²) in [6, 6.07) is 0.664. The number of likely N-dealkylation sites (tertiary alicyclic amines) is 1. The molecule has 1 aromatic rings. The Kier molecular flexibility index (Phi) is 3.33. The molecule has 2 unspecified atom stereocenters. The lowest BCUT2D eigenvalue weighted by Gasteiger charge is -2.20. The molecule has 1 saturated heterocycles. The van der Waals surface area contributed by atoms with Crippen LogP contribution in [0, 0.1) is 6.92 Å². The van der Waals surface area contributed by atoms with E-state index < -0.39 is 18.1 Å². The molecule has 2 rings (SSSR count). The minimum absolute atomic E-state index is 0.0443. The predicted molar refractivity (Wildman–Crippen MR) is 58.7 cm³/mol. The summed E-state index contributed by atoms with van der Waals surface area (Å²) in [5, 5.41) is 22.1. The first kappa shape index (κ1) is 12.6. The summed E-state index contributed by atoms with van der Waals surface area (Å²) >= 11 is 0. The zero-order valence-electron chi connectivity index (χ0n) is 9.87. The van der Waals surface area contributed by atoms with Crippen LogP contribution in [0.2, 0.25) is 0 Å². The van der Waals surface area contributed by atoms with Gasteiger partial charge in [-0.05, 0) is 6.92 Å². The summed E-state index contributed by atoms with van der Waals surface area (Å²) in [4.78, 5) is 24.1. The average Bonchev–Trinajstić information content (AvgIpc) is 2.85. The number of carboxylic acid groups (broad SMARTS) is 1. The van der Waals surface area contributed by atoms with E-state index in [-0.39, 0.29) is 25.3 Å². The second-order valence-electron chi connectivity index (χ2n) is 4.40. The maximum absolute atomic E-state index is 11.9. The van der Waals surface area contributed by atoms with Crippen LogP contribution in [0.5, 0.6) is 0 Å². The van der Waals surface area contributed by atoms with E-state index in [0.717, 1.165) is 0 Å². The Morgan fingerprint density at radius 3 is 2.89 bits per heavy atom. The summed E-state index contributed by atoms with van der Waals surface area (Å²) in [5.74, 6) is -1.09. The number of aromatic nitrogens is 1. The maximum atomic E-state index is 11.9. The number of carbonyl (C=O) groups excluding carboxylic acids is 1. The molecule has 0 bridgehead atoms. The zero-order valence-corrected chi connectivity index (χ0v) is 9.87. The van der Waals surface area contributed by atoms with Gasteiger partial charge in [0.15, 0.2) is 0 Å². The molecular weight excluding hydrogens is 240 g/mol. The van der Waals surface area contributed by atoms with E-state index in [1.807, 2.05) is 0 Å². The molecule has 2 atom stereocenters. The van der Waals surface area contributed by atoms with Crippen LogP contribution in [-0.4, -0.2) is 50.8 Å². The van der Waals surface area contributed by atoms with Gasteiger partial charge in [-0.3, -0.25) is 4.79 Å². The number of nitrogens with zero attached hydrogens (tertiary/aromatic N) is 2. The van der Waals surface area contributed by atoms with Crippen molar-refractivity contribution in [3.8, 4) is 0 Å².